The number of anilines is 2. The summed E-state index contributed by atoms with van der Waals surface area (Å²) in [5.41, 5.74) is 4.22. The van der Waals surface area contributed by atoms with Gasteiger partial charge in [-0.2, -0.15) is 0 Å². The minimum absolute atomic E-state index is 0.193. The third kappa shape index (κ3) is 8.28. The van der Waals surface area contributed by atoms with Crippen molar-refractivity contribution in [3.05, 3.63) is 60.7 Å². The SMILES string of the molecule is C=CC.CC/C=C(\C)C(=O)NC(=S)Nc1cc(NOCC)nn1-c1ccccc1. The van der Waals surface area contributed by atoms with Crippen LogP contribution in [-0.2, 0) is 9.63 Å². The summed E-state index contributed by atoms with van der Waals surface area (Å²) >= 11 is 5.26. The predicted octanol–water partition coefficient (Wildman–Crippen LogP) is 4.60. The molecule has 0 aliphatic rings. The second kappa shape index (κ2) is 13.2. The van der Waals surface area contributed by atoms with Crippen LogP contribution in [-0.4, -0.2) is 27.4 Å². The summed E-state index contributed by atoms with van der Waals surface area (Å²) in [6.07, 6.45) is 4.38. The van der Waals surface area contributed by atoms with Gasteiger partial charge in [0, 0.05) is 11.6 Å². The maximum absolute atomic E-state index is 12.1. The Labute approximate surface area is 177 Å². The fourth-order valence-corrected chi connectivity index (χ4v) is 2.38. The monoisotopic (exact) mass is 415 g/mol. The van der Waals surface area contributed by atoms with Gasteiger partial charge < -0.3 is 5.32 Å². The minimum atomic E-state index is -0.234. The smallest absolute Gasteiger partial charge is 0.252 e. The van der Waals surface area contributed by atoms with Crippen LogP contribution in [0.25, 0.3) is 5.69 Å². The maximum atomic E-state index is 12.1. The van der Waals surface area contributed by atoms with Gasteiger partial charge in [-0.15, -0.1) is 11.7 Å². The Morgan fingerprint density at radius 1 is 1.31 bits per heavy atom. The number of benzene rings is 1. The van der Waals surface area contributed by atoms with Crippen LogP contribution in [0.4, 0.5) is 11.6 Å². The summed E-state index contributed by atoms with van der Waals surface area (Å²) in [6, 6.07) is 11.3. The molecule has 0 saturated heterocycles. The molecule has 0 saturated carbocycles. The van der Waals surface area contributed by atoms with Gasteiger partial charge >= 0.3 is 0 Å². The third-order valence-corrected chi connectivity index (χ3v) is 3.57. The molecule has 29 heavy (non-hydrogen) atoms. The number of allylic oxidation sites excluding steroid dienone is 2. The summed E-state index contributed by atoms with van der Waals surface area (Å²) in [7, 11) is 0. The number of carbonyl (C=O) groups excluding carboxylic acids is 1. The van der Waals surface area contributed by atoms with Gasteiger partial charge in [0.25, 0.3) is 5.91 Å². The molecule has 0 atom stereocenters. The lowest BCUT2D eigenvalue weighted by molar-refractivity contribution is -0.116. The van der Waals surface area contributed by atoms with E-state index < -0.39 is 0 Å². The summed E-state index contributed by atoms with van der Waals surface area (Å²) in [5.74, 6) is 0.887. The van der Waals surface area contributed by atoms with Crippen LogP contribution in [0, 0.1) is 0 Å². The van der Waals surface area contributed by atoms with E-state index in [1.807, 2.05) is 57.2 Å². The van der Waals surface area contributed by atoms with E-state index in [1.54, 1.807) is 23.7 Å². The zero-order valence-electron chi connectivity index (χ0n) is 17.4. The molecule has 0 bridgehead atoms. The first kappa shape index (κ1) is 24.1. The number of nitrogens with zero attached hydrogens (tertiary/aromatic N) is 2. The highest BCUT2D eigenvalue weighted by atomic mass is 32.1. The van der Waals surface area contributed by atoms with E-state index in [2.05, 4.69) is 27.8 Å². The molecular weight excluding hydrogens is 386 g/mol. The van der Waals surface area contributed by atoms with Gasteiger partial charge in [0.2, 0.25) is 0 Å². The van der Waals surface area contributed by atoms with Crippen molar-refractivity contribution < 1.29 is 9.63 Å². The molecule has 8 heteroatoms. The summed E-state index contributed by atoms with van der Waals surface area (Å²) < 4.78 is 1.68. The lowest BCUT2D eigenvalue weighted by atomic mass is 10.2. The van der Waals surface area contributed by atoms with Crippen LogP contribution in [0.15, 0.2) is 60.7 Å². The van der Waals surface area contributed by atoms with Crippen molar-refractivity contribution in [3.8, 4) is 5.69 Å². The van der Waals surface area contributed by atoms with Crippen molar-refractivity contribution in [1.29, 1.82) is 0 Å². The number of carbonyl (C=O) groups is 1. The number of para-hydroxylation sites is 1. The average molecular weight is 416 g/mol. The summed E-state index contributed by atoms with van der Waals surface area (Å²) in [6.45, 7) is 11.3. The van der Waals surface area contributed by atoms with E-state index in [4.69, 9.17) is 17.1 Å². The van der Waals surface area contributed by atoms with Crippen LogP contribution in [0.2, 0.25) is 0 Å². The number of hydrogen-bond acceptors (Lipinski definition) is 5. The van der Waals surface area contributed by atoms with E-state index in [9.17, 15) is 4.79 Å². The number of thiocarbonyl (C=S) groups is 1. The largest absolute Gasteiger partial charge is 0.317 e. The van der Waals surface area contributed by atoms with Crippen LogP contribution in [0.1, 0.15) is 34.1 Å². The van der Waals surface area contributed by atoms with Gasteiger partial charge in [-0.05, 0) is 51.5 Å². The Morgan fingerprint density at radius 3 is 2.55 bits per heavy atom. The summed E-state index contributed by atoms with van der Waals surface area (Å²) in [4.78, 5) is 17.3. The number of hydrogen-bond donors (Lipinski definition) is 3. The van der Waals surface area contributed by atoms with Crippen molar-refractivity contribution in [2.45, 2.75) is 34.1 Å². The lowest BCUT2D eigenvalue weighted by Gasteiger charge is -2.11. The van der Waals surface area contributed by atoms with Crippen LogP contribution < -0.4 is 16.1 Å². The molecule has 1 amide bonds. The molecule has 0 aliphatic carbocycles. The fourth-order valence-electron chi connectivity index (χ4n) is 2.18. The van der Waals surface area contributed by atoms with E-state index in [1.165, 1.54) is 0 Å². The van der Waals surface area contributed by atoms with Gasteiger partial charge in [-0.25, -0.2) is 10.2 Å². The highest BCUT2D eigenvalue weighted by molar-refractivity contribution is 7.80. The first-order valence-corrected chi connectivity index (χ1v) is 9.76. The van der Waals surface area contributed by atoms with Gasteiger partial charge in [-0.3, -0.25) is 14.9 Å². The zero-order chi connectivity index (χ0) is 21.6. The number of aromatic nitrogens is 2. The number of rotatable bonds is 7. The Hall–Kier alpha value is -2.97. The normalized spacial score (nSPS) is 10.4. The fraction of sp³-hybridized carbons (Fsp3) is 0.286. The molecule has 0 aliphatic heterocycles. The minimum Gasteiger partial charge on any atom is -0.317 e. The van der Waals surface area contributed by atoms with Crippen molar-refractivity contribution in [1.82, 2.24) is 15.1 Å². The number of nitrogens with one attached hydrogen (secondary N) is 3. The second-order valence-electron chi connectivity index (χ2n) is 5.81. The maximum Gasteiger partial charge on any atom is 0.252 e. The Kier molecular flexibility index (Phi) is 11.0. The Bertz CT molecular complexity index is 831. The van der Waals surface area contributed by atoms with E-state index in [-0.39, 0.29) is 11.0 Å². The van der Waals surface area contributed by atoms with Gasteiger partial charge in [0.15, 0.2) is 10.9 Å². The molecule has 1 heterocycles. The molecule has 1 aromatic heterocycles. The molecule has 0 spiro atoms. The Balaban J connectivity index is 0.00000132. The molecule has 0 unspecified atom stereocenters. The van der Waals surface area contributed by atoms with E-state index in [0.717, 1.165) is 12.1 Å². The third-order valence-electron chi connectivity index (χ3n) is 3.37. The molecule has 7 nitrogen and oxygen atoms in total. The van der Waals surface area contributed by atoms with Crippen molar-refractivity contribution in [2.24, 2.45) is 0 Å². The molecular formula is C21H29N5O2S. The second-order valence-corrected chi connectivity index (χ2v) is 6.22. The van der Waals surface area contributed by atoms with E-state index >= 15 is 0 Å². The van der Waals surface area contributed by atoms with Crippen LogP contribution in [0.5, 0.6) is 0 Å². The van der Waals surface area contributed by atoms with Crippen molar-refractivity contribution in [3.63, 3.8) is 0 Å². The highest BCUT2D eigenvalue weighted by Gasteiger charge is 2.13. The topological polar surface area (TPSA) is 80.2 Å². The van der Waals surface area contributed by atoms with Crippen molar-refractivity contribution in [2.75, 3.05) is 17.4 Å². The molecule has 1 aromatic carbocycles. The lowest BCUT2D eigenvalue weighted by Crippen LogP contribution is -2.35. The van der Waals surface area contributed by atoms with Crippen LogP contribution >= 0.6 is 12.2 Å². The molecule has 156 valence electrons. The first-order chi connectivity index (χ1) is 14.0. The number of amides is 1. The van der Waals surface area contributed by atoms with Gasteiger partial charge in [0.1, 0.15) is 5.82 Å². The van der Waals surface area contributed by atoms with Crippen molar-refractivity contribution >= 4 is 34.9 Å². The predicted molar refractivity (Wildman–Crippen MR) is 123 cm³/mol. The van der Waals surface area contributed by atoms with Gasteiger partial charge in [-0.1, -0.05) is 37.3 Å². The molecule has 2 aromatic rings. The van der Waals surface area contributed by atoms with E-state index in [0.29, 0.717) is 23.8 Å². The average Bonchev–Trinajstić information content (AvgIpc) is 3.10. The molecule has 0 fully saturated rings. The zero-order valence-corrected chi connectivity index (χ0v) is 18.2. The standard InChI is InChI=1S/C18H23N5O2S.C3H6/c1-4-9-13(3)17(24)20-18(26)19-16-12-15(22-25-5-2)21-23(16)14-10-7-6-8-11-14;1-3-2/h6-12H,4-5H2,1-3H3,(H,21,22)(H2,19,20,24,26);3H,1H2,2H3/b13-9+;. The highest BCUT2D eigenvalue weighted by Crippen LogP contribution is 2.20. The first-order valence-electron chi connectivity index (χ1n) is 9.36. The molecule has 0 radical (unpaired) electrons. The molecule has 3 N–H and O–H groups in total. The summed E-state index contributed by atoms with van der Waals surface area (Å²) in [5, 5.41) is 10.3. The molecule has 2 rings (SSSR count). The Morgan fingerprint density at radius 2 is 1.97 bits per heavy atom. The van der Waals surface area contributed by atoms with Crippen LogP contribution in [0.3, 0.4) is 0 Å². The van der Waals surface area contributed by atoms with Gasteiger partial charge in [0.05, 0.1) is 12.3 Å². The quantitative estimate of drug-likeness (QED) is 0.265.